The van der Waals surface area contributed by atoms with Crippen molar-refractivity contribution in [3.63, 3.8) is 0 Å². The van der Waals surface area contributed by atoms with Gasteiger partial charge in [0.2, 0.25) is 0 Å². The zero-order chi connectivity index (χ0) is 17.8. The summed E-state index contributed by atoms with van der Waals surface area (Å²) >= 11 is 0. The fourth-order valence-electron chi connectivity index (χ4n) is 4.87. The van der Waals surface area contributed by atoms with Gasteiger partial charge in [-0.1, -0.05) is 18.6 Å². The van der Waals surface area contributed by atoms with E-state index in [0.29, 0.717) is 5.92 Å². The maximum absolute atomic E-state index is 14.0. The Balaban J connectivity index is 1.60. The first-order valence-corrected chi connectivity index (χ1v) is 9.42. The predicted molar refractivity (Wildman–Crippen MR) is 93.4 cm³/mol. The van der Waals surface area contributed by atoms with E-state index >= 15 is 0 Å². The third-order valence-corrected chi connectivity index (χ3v) is 6.14. The van der Waals surface area contributed by atoms with Crippen LogP contribution in [0, 0.1) is 23.6 Å². The monoisotopic (exact) mass is 352 g/mol. The molecule has 0 amide bonds. The van der Waals surface area contributed by atoms with Crippen molar-refractivity contribution in [2.75, 3.05) is 0 Å². The van der Waals surface area contributed by atoms with Gasteiger partial charge in [-0.3, -0.25) is 0 Å². The number of alkyl halides is 2. The molecule has 0 aromatic heterocycles. The van der Waals surface area contributed by atoms with Crippen LogP contribution in [0.25, 0.3) is 0 Å². The van der Waals surface area contributed by atoms with E-state index in [2.05, 4.69) is 11.3 Å². The van der Waals surface area contributed by atoms with E-state index in [-0.39, 0.29) is 5.75 Å². The van der Waals surface area contributed by atoms with Crippen LogP contribution in [0.3, 0.4) is 0 Å². The number of ether oxygens (including phenoxy) is 1. The predicted octanol–water partition coefficient (Wildman–Crippen LogP) is 6.69. The molecule has 0 saturated heterocycles. The molecule has 4 unspecified atom stereocenters. The Labute approximate surface area is 148 Å². The summed E-state index contributed by atoms with van der Waals surface area (Å²) in [5, 5.41) is 0. The molecule has 4 heteroatoms. The summed E-state index contributed by atoms with van der Waals surface area (Å²) in [4.78, 5) is 0. The number of hydrogen-bond acceptors (Lipinski definition) is 1. The SMILES string of the molecule is C=CCCC1CCC2CC(c3ccc(OC(F)F)c(F)c3)CCC2C1. The fourth-order valence-corrected chi connectivity index (χ4v) is 4.87. The minimum absolute atomic E-state index is 0.334. The maximum atomic E-state index is 14.0. The highest BCUT2D eigenvalue weighted by Crippen LogP contribution is 2.48. The van der Waals surface area contributed by atoms with Crippen LogP contribution in [0.1, 0.15) is 62.8 Å². The smallest absolute Gasteiger partial charge is 0.387 e. The standard InChI is InChI=1S/C21H27F3O/c1-2-3-4-14-5-6-16-12-17(8-7-15(16)11-14)18-9-10-20(19(22)13-18)25-21(23)24/h2,9-10,13-17,21H,1,3-8,11-12H2. The number of fused-ring (bicyclic) bond motifs is 1. The van der Waals surface area contributed by atoms with Crippen molar-refractivity contribution in [3.8, 4) is 5.75 Å². The van der Waals surface area contributed by atoms with Gasteiger partial charge in [0, 0.05) is 0 Å². The van der Waals surface area contributed by atoms with Gasteiger partial charge in [-0.2, -0.15) is 8.78 Å². The zero-order valence-electron chi connectivity index (χ0n) is 14.6. The third-order valence-electron chi connectivity index (χ3n) is 6.14. The lowest BCUT2D eigenvalue weighted by molar-refractivity contribution is -0.0522. The van der Waals surface area contributed by atoms with E-state index in [9.17, 15) is 13.2 Å². The summed E-state index contributed by atoms with van der Waals surface area (Å²) in [5.41, 5.74) is 0.923. The largest absolute Gasteiger partial charge is 0.432 e. The molecule has 2 aliphatic carbocycles. The molecule has 2 saturated carbocycles. The van der Waals surface area contributed by atoms with Crippen molar-refractivity contribution in [2.24, 2.45) is 17.8 Å². The summed E-state index contributed by atoms with van der Waals surface area (Å²) in [5.74, 6) is 1.63. The van der Waals surface area contributed by atoms with Crippen molar-refractivity contribution in [1.29, 1.82) is 0 Å². The molecule has 2 fully saturated rings. The number of allylic oxidation sites excluding steroid dienone is 1. The van der Waals surface area contributed by atoms with Crippen LogP contribution in [0.5, 0.6) is 5.75 Å². The van der Waals surface area contributed by atoms with Gasteiger partial charge < -0.3 is 4.74 Å². The normalized spacial score (nSPS) is 29.3. The van der Waals surface area contributed by atoms with Crippen molar-refractivity contribution in [2.45, 2.75) is 63.9 Å². The summed E-state index contributed by atoms with van der Waals surface area (Å²) < 4.78 is 42.7. The molecule has 3 rings (SSSR count). The van der Waals surface area contributed by atoms with Crippen molar-refractivity contribution < 1.29 is 17.9 Å². The summed E-state index contributed by atoms with van der Waals surface area (Å²) in [6.07, 6.45) is 11.6. The number of halogens is 3. The van der Waals surface area contributed by atoms with E-state index in [1.165, 1.54) is 44.2 Å². The molecule has 4 atom stereocenters. The molecule has 0 radical (unpaired) electrons. The first-order valence-electron chi connectivity index (χ1n) is 9.42. The average Bonchev–Trinajstić information content (AvgIpc) is 2.60. The molecule has 2 aliphatic rings. The van der Waals surface area contributed by atoms with E-state index < -0.39 is 12.4 Å². The Morgan fingerprint density at radius 2 is 1.88 bits per heavy atom. The van der Waals surface area contributed by atoms with Gasteiger partial charge >= 0.3 is 6.61 Å². The second-order valence-corrected chi connectivity index (χ2v) is 7.64. The molecular formula is C21H27F3O. The highest BCUT2D eigenvalue weighted by molar-refractivity contribution is 5.31. The molecule has 0 spiro atoms. The van der Waals surface area contributed by atoms with Gasteiger partial charge in [-0.25, -0.2) is 4.39 Å². The molecule has 138 valence electrons. The van der Waals surface area contributed by atoms with Crippen LogP contribution in [-0.2, 0) is 0 Å². The number of rotatable bonds is 6. The molecule has 1 nitrogen and oxygen atoms in total. The van der Waals surface area contributed by atoms with Crippen LogP contribution < -0.4 is 4.74 Å². The first-order chi connectivity index (χ1) is 12.1. The highest BCUT2D eigenvalue weighted by Gasteiger charge is 2.35. The molecule has 0 heterocycles. The van der Waals surface area contributed by atoms with Crippen LogP contribution in [0.4, 0.5) is 13.2 Å². The van der Waals surface area contributed by atoms with Gasteiger partial charge in [0.15, 0.2) is 11.6 Å². The Morgan fingerprint density at radius 1 is 1.12 bits per heavy atom. The minimum atomic E-state index is -2.99. The lowest BCUT2D eigenvalue weighted by Crippen LogP contribution is -2.30. The van der Waals surface area contributed by atoms with Gasteiger partial charge in [0.25, 0.3) is 0 Å². The van der Waals surface area contributed by atoms with E-state index in [4.69, 9.17) is 0 Å². The van der Waals surface area contributed by atoms with Crippen molar-refractivity contribution >= 4 is 0 Å². The molecule has 1 aromatic rings. The first kappa shape index (κ1) is 18.3. The minimum Gasteiger partial charge on any atom is -0.432 e. The topological polar surface area (TPSA) is 9.23 Å². The van der Waals surface area contributed by atoms with Crippen LogP contribution in [-0.4, -0.2) is 6.61 Å². The van der Waals surface area contributed by atoms with Crippen molar-refractivity contribution in [1.82, 2.24) is 0 Å². The van der Waals surface area contributed by atoms with Gasteiger partial charge in [0.1, 0.15) is 0 Å². The lowest BCUT2D eigenvalue weighted by atomic mass is 9.63. The second kappa shape index (κ2) is 8.29. The Bertz CT molecular complexity index is 587. The summed E-state index contributed by atoms with van der Waals surface area (Å²) in [7, 11) is 0. The average molecular weight is 352 g/mol. The van der Waals surface area contributed by atoms with Gasteiger partial charge in [-0.15, -0.1) is 6.58 Å². The third kappa shape index (κ3) is 4.59. The molecule has 0 N–H and O–H groups in total. The maximum Gasteiger partial charge on any atom is 0.387 e. The molecular weight excluding hydrogens is 325 g/mol. The highest BCUT2D eigenvalue weighted by atomic mass is 19.3. The molecule has 1 aromatic carbocycles. The zero-order valence-corrected chi connectivity index (χ0v) is 14.6. The number of benzene rings is 1. The Hall–Kier alpha value is -1.45. The molecule has 0 bridgehead atoms. The molecule has 0 aliphatic heterocycles. The van der Waals surface area contributed by atoms with E-state index in [0.717, 1.165) is 42.6 Å². The van der Waals surface area contributed by atoms with E-state index in [1.54, 1.807) is 6.07 Å². The number of hydrogen-bond donors (Lipinski definition) is 0. The quantitative estimate of drug-likeness (QED) is 0.518. The van der Waals surface area contributed by atoms with Gasteiger partial charge in [0.05, 0.1) is 0 Å². The Morgan fingerprint density at radius 3 is 2.60 bits per heavy atom. The van der Waals surface area contributed by atoms with Crippen LogP contribution in [0.2, 0.25) is 0 Å². The summed E-state index contributed by atoms with van der Waals surface area (Å²) in [6.45, 7) is 0.824. The fraction of sp³-hybridized carbons (Fsp3) is 0.619. The van der Waals surface area contributed by atoms with E-state index in [1.807, 2.05) is 6.08 Å². The van der Waals surface area contributed by atoms with Crippen LogP contribution >= 0.6 is 0 Å². The second-order valence-electron chi connectivity index (χ2n) is 7.64. The molecule has 25 heavy (non-hydrogen) atoms. The lowest BCUT2D eigenvalue weighted by Gasteiger charge is -2.42. The summed E-state index contributed by atoms with van der Waals surface area (Å²) in [6, 6.07) is 4.48. The van der Waals surface area contributed by atoms with Crippen LogP contribution in [0.15, 0.2) is 30.9 Å². The van der Waals surface area contributed by atoms with Gasteiger partial charge in [-0.05, 0) is 86.3 Å². The Kier molecular flexibility index (Phi) is 6.08. The van der Waals surface area contributed by atoms with Crippen molar-refractivity contribution in [3.05, 3.63) is 42.2 Å².